The van der Waals surface area contributed by atoms with Gasteiger partial charge in [0.2, 0.25) is 0 Å². The summed E-state index contributed by atoms with van der Waals surface area (Å²) in [5.74, 6) is -1.10. The van der Waals surface area contributed by atoms with E-state index >= 15 is 0 Å². The molecule has 2 rings (SSSR count). The Balaban J connectivity index is 2.16. The molecule has 0 bridgehead atoms. The quantitative estimate of drug-likeness (QED) is 0.806. The summed E-state index contributed by atoms with van der Waals surface area (Å²) in [5, 5.41) is 10.2. The summed E-state index contributed by atoms with van der Waals surface area (Å²) in [6.45, 7) is 4.31. The standard InChI is InChI=1S/C17H22O7/c1-10-14(23-11(2)18)15(24-12(3)19)16(17(20)22-10)21-9-13-7-5-4-6-8-13/h4-8,10,14-17,20H,9H2,1-3H3/t10-,14-,15-,16-,17+/m0/s1. The van der Waals surface area contributed by atoms with Crippen molar-refractivity contribution in [3.05, 3.63) is 35.9 Å². The van der Waals surface area contributed by atoms with E-state index in [1.807, 2.05) is 30.3 Å². The molecule has 0 amide bonds. The van der Waals surface area contributed by atoms with Crippen LogP contribution in [0.5, 0.6) is 0 Å². The summed E-state index contributed by atoms with van der Waals surface area (Å²) in [6.07, 6.45) is -4.76. The average Bonchev–Trinajstić information content (AvgIpc) is 2.51. The molecule has 0 spiro atoms. The molecule has 132 valence electrons. The Morgan fingerprint density at radius 2 is 1.62 bits per heavy atom. The van der Waals surface area contributed by atoms with E-state index in [4.69, 9.17) is 18.9 Å². The van der Waals surface area contributed by atoms with E-state index in [0.29, 0.717) is 0 Å². The highest BCUT2D eigenvalue weighted by Gasteiger charge is 2.48. The van der Waals surface area contributed by atoms with Gasteiger partial charge in [-0.05, 0) is 12.5 Å². The molecule has 1 N–H and O–H groups in total. The van der Waals surface area contributed by atoms with Crippen LogP contribution in [0.15, 0.2) is 30.3 Å². The SMILES string of the molecule is CC(=O)O[C@H]1[C@@H](OC(C)=O)[C@H](C)O[C@@H](O)[C@H]1OCc1ccccc1. The van der Waals surface area contributed by atoms with Gasteiger partial charge in [0.1, 0.15) is 6.10 Å². The first kappa shape index (κ1) is 18.4. The lowest BCUT2D eigenvalue weighted by atomic mass is 9.99. The van der Waals surface area contributed by atoms with Crippen molar-refractivity contribution in [2.24, 2.45) is 0 Å². The zero-order valence-corrected chi connectivity index (χ0v) is 13.9. The van der Waals surface area contributed by atoms with E-state index in [0.717, 1.165) is 5.56 Å². The van der Waals surface area contributed by atoms with Gasteiger partial charge >= 0.3 is 11.9 Å². The second-order valence-corrected chi connectivity index (χ2v) is 5.64. The number of aliphatic hydroxyl groups excluding tert-OH is 1. The van der Waals surface area contributed by atoms with Crippen LogP contribution >= 0.6 is 0 Å². The number of benzene rings is 1. The van der Waals surface area contributed by atoms with Gasteiger partial charge in [-0.25, -0.2) is 0 Å². The second-order valence-electron chi connectivity index (χ2n) is 5.64. The number of esters is 2. The zero-order chi connectivity index (χ0) is 17.7. The molecule has 1 fully saturated rings. The molecule has 1 aromatic carbocycles. The summed E-state index contributed by atoms with van der Waals surface area (Å²) < 4.78 is 21.6. The molecular formula is C17H22O7. The summed E-state index contributed by atoms with van der Waals surface area (Å²) in [4.78, 5) is 22.8. The van der Waals surface area contributed by atoms with Crippen LogP contribution in [0, 0.1) is 0 Å². The summed E-state index contributed by atoms with van der Waals surface area (Å²) in [5.41, 5.74) is 0.883. The minimum absolute atomic E-state index is 0.185. The van der Waals surface area contributed by atoms with Crippen molar-refractivity contribution in [2.75, 3.05) is 0 Å². The van der Waals surface area contributed by atoms with Gasteiger partial charge in [-0.15, -0.1) is 0 Å². The molecule has 5 atom stereocenters. The molecule has 1 aliphatic heterocycles. The summed E-state index contributed by atoms with van der Waals surface area (Å²) >= 11 is 0. The van der Waals surface area contributed by atoms with E-state index < -0.39 is 42.6 Å². The third-order valence-corrected chi connectivity index (χ3v) is 3.63. The minimum atomic E-state index is -1.31. The number of rotatable bonds is 5. The smallest absolute Gasteiger partial charge is 0.303 e. The van der Waals surface area contributed by atoms with E-state index in [1.165, 1.54) is 13.8 Å². The van der Waals surface area contributed by atoms with Gasteiger partial charge in [0, 0.05) is 13.8 Å². The molecule has 7 heteroatoms. The van der Waals surface area contributed by atoms with Crippen LogP contribution in [-0.2, 0) is 35.1 Å². The fourth-order valence-electron chi connectivity index (χ4n) is 2.62. The highest BCUT2D eigenvalue weighted by molar-refractivity contribution is 5.67. The molecule has 1 aliphatic rings. The van der Waals surface area contributed by atoms with Crippen molar-refractivity contribution in [1.82, 2.24) is 0 Å². The lowest BCUT2D eigenvalue weighted by Gasteiger charge is -2.42. The van der Waals surface area contributed by atoms with Crippen molar-refractivity contribution in [3.63, 3.8) is 0 Å². The zero-order valence-electron chi connectivity index (χ0n) is 13.9. The number of hydrogen-bond acceptors (Lipinski definition) is 7. The van der Waals surface area contributed by atoms with Crippen molar-refractivity contribution in [1.29, 1.82) is 0 Å². The Kier molecular flexibility index (Phi) is 6.30. The molecule has 1 aromatic rings. The van der Waals surface area contributed by atoms with Crippen LogP contribution in [-0.4, -0.2) is 47.8 Å². The molecule has 0 radical (unpaired) electrons. The molecule has 0 aliphatic carbocycles. The van der Waals surface area contributed by atoms with Gasteiger partial charge in [0.25, 0.3) is 0 Å². The van der Waals surface area contributed by atoms with Crippen molar-refractivity contribution >= 4 is 11.9 Å². The number of carbonyl (C=O) groups excluding carboxylic acids is 2. The fraction of sp³-hybridized carbons (Fsp3) is 0.529. The maximum absolute atomic E-state index is 11.4. The molecule has 24 heavy (non-hydrogen) atoms. The van der Waals surface area contributed by atoms with Crippen LogP contribution in [0.3, 0.4) is 0 Å². The monoisotopic (exact) mass is 338 g/mol. The molecule has 0 unspecified atom stereocenters. The predicted molar refractivity (Wildman–Crippen MR) is 82.7 cm³/mol. The first-order chi connectivity index (χ1) is 11.4. The molecule has 7 nitrogen and oxygen atoms in total. The second kappa shape index (κ2) is 8.23. The third kappa shape index (κ3) is 4.77. The van der Waals surface area contributed by atoms with E-state index in [-0.39, 0.29) is 6.61 Å². The molecule has 1 heterocycles. The van der Waals surface area contributed by atoms with Gasteiger partial charge in [-0.1, -0.05) is 30.3 Å². The van der Waals surface area contributed by atoms with Crippen LogP contribution in [0.4, 0.5) is 0 Å². The summed E-state index contributed by atoms with van der Waals surface area (Å²) in [6, 6.07) is 9.33. The van der Waals surface area contributed by atoms with Gasteiger partial charge in [0.15, 0.2) is 18.5 Å². The first-order valence-electron chi connectivity index (χ1n) is 7.72. The maximum atomic E-state index is 11.4. The molecule has 0 saturated carbocycles. The third-order valence-electron chi connectivity index (χ3n) is 3.63. The Hall–Kier alpha value is -1.96. The van der Waals surface area contributed by atoms with Gasteiger partial charge in [-0.2, -0.15) is 0 Å². The minimum Gasteiger partial charge on any atom is -0.456 e. The fourth-order valence-corrected chi connectivity index (χ4v) is 2.62. The number of ether oxygens (including phenoxy) is 4. The van der Waals surface area contributed by atoms with Crippen LogP contribution in [0.2, 0.25) is 0 Å². The van der Waals surface area contributed by atoms with Crippen LogP contribution in [0.1, 0.15) is 26.3 Å². The van der Waals surface area contributed by atoms with Crippen LogP contribution < -0.4 is 0 Å². The van der Waals surface area contributed by atoms with Gasteiger partial charge < -0.3 is 24.1 Å². The van der Waals surface area contributed by atoms with Crippen molar-refractivity contribution in [3.8, 4) is 0 Å². The Morgan fingerprint density at radius 3 is 2.21 bits per heavy atom. The Labute approximate surface area is 140 Å². The van der Waals surface area contributed by atoms with E-state index in [9.17, 15) is 14.7 Å². The molecular weight excluding hydrogens is 316 g/mol. The summed E-state index contributed by atoms with van der Waals surface area (Å²) in [7, 11) is 0. The number of carbonyl (C=O) groups is 2. The van der Waals surface area contributed by atoms with E-state index in [1.54, 1.807) is 6.92 Å². The predicted octanol–water partition coefficient (Wildman–Crippen LogP) is 1.17. The van der Waals surface area contributed by atoms with Crippen LogP contribution in [0.25, 0.3) is 0 Å². The Bertz CT molecular complexity index is 559. The highest BCUT2D eigenvalue weighted by Crippen LogP contribution is 2.28. The largest absolute Gasteiger partial charge is 0.456 e. The molecule has 0 aromatic heterocycles. The van der Waals surface area contributed by atoms with E-state index in [2.05, 4.69) is 0 Å². The van der Waals surface area contributed by atoms with Crippen molar-refractivity contribution in [2.45, 2.75) is 58.1 Å². The first-order valence-corrected chi connectivity index (χ1v) is 7.72. The van der Waals surface area contributed by atoms with Gasteiger partial charge in [0.05, 0.1) is 12.7 Å². The average molecular weight is 338 g/mol. The van der Waals surface area contributed by atoms with Gasteiger partial charge in [-0.3, -0.25) is 9.59 Å². The topological polar surface area (TPSA) is 91.3 Å². The highest BCUT2D eigenvalue weighted by atomic mass is 16.7. The maximum Gasteiger partial charge on any atom is 0.303 e. The number of aliphatic hydroxyl groups is 1. The van der Waals surface area contributed by atoms with Crippen molar-refractivity contribution < 1.29 is 33.6 Å². The normalized spacial score (nSPS) is 29.8. The lowest BCUT2D eigenvalue weighted by Crippen LogP contribution is -2.60. The lowest BCUT2D eigenvalue weighted by molar-refractivity contribution is -0.295. The Morgan fingerprint density at radius 1 is 1.04 bits per heavy atom. The number of hydrogen-bond donors (Lipinski definition) is 1. The molecule has 1 saturated heterocycles.